The van der Waals surface area contributed by atoms with Crippen molar-refractivity contribution < 1.29 is 9.59 Å². The van der Waals surface area contributed by atoms with Crippen LogP contribution in [0.4, 0.5) is 5.69 Å². The average Bonchev–Trinajstić information content (AvgIpc) is 3.38. The summed E-state index contributed by atoms with van der Waals surface area (Å²) in [5.74, 6) is 0.330. The van der Waals surface area contributed by atoms with Crippen LogP contribution in [0.5, 0.6) is 0 Å². The van der Waals surface area contributed by atoms with Gasteiger partial charge in [-0.3, -0.25) is 14.5 Å². The van der Waals surface area contributed by atoms with E-state index in [1.54, 1.807) is 0 Å². The molecule has 156 valence electrons. The van der Waals surface area contributed by atoms with Crippen molar-refractivity contribution in [1.82, 2.24) is 20.4 Å². The molecule has 3 aliphatic rings. The average molecular weight is 416 g/mol. The second-order valence-electron chi connectivity index (χ2n) is 8.14. The Morgan fingerprint density at radius 2 is 1.97 bits per heavy atom. The van der Waals surface area contributed by atoms with Gasteiger partial charge in [0, 0.05) is 50.4 Å². The summed E-state index contributed by atoms with van der Waals surface area (Å²) < 4.78 is 0. The lowest BCUT2D eigenvalue weighted by Crippen LogP contribution is -2.58. The van der Waals surface area contributed by atoms with Crippen molar-refractivity contribution in [2.45, 2.75) is 50.2 Å². The molecule has 1 aromatic carbocycles. The number of anilines is 1. The fraction of sp³-hybridized carbons (Fsp3) is 0.571. The summed E-state index contributed by atoms with van der Waals surface area (Å²) in [6, 6.07) is 9.98. The Balaban J connectivity index is 1.30. The van der Waals surface area contributed by atoms with Crippen molar-refractivity contribution in [2.24, 2.45) is 0 Å². The molecule has 4 rings (SSSR count). The number of carbonyl (C=O) groups excluding carboxylic acids is 2. The van der Waals surface area contributed by atoms with Crippen LogP contribution in [0.15, 0.2) is 30.3 Å². The third kappa shape index (κ3) is 4.87. The highest BCUT2D eigenvalue weighted by atomic mass is 32.1. The summed E-state index contributed by atoms with van der Waals surface area (Å²) in [6.07, 6.45) is 4.29. The Morgan fingerprint density at radius 3 is 2.72 bits per heavy atom. The number of benzene rings is 1. The Morgan fingerprint density at radius 1 is 1.21 bits per heavy atom. The van der Waals surface area contributed by atoms with E-state index in [0.717, 1.165) is 51.0 Å². The SMILES string of the molecule is O=C1NC[C@@H](CCC(=O)N2CCCC2)N2C[C@@H](NC(=S)Nc3ccccc3)C[C@@H]12. The third-order valence-electron chi connectivity index (χ3n) is 6.14. The van der Waals surface area contributed by atoms with Crippen LogP contribution in [0.2, 0.25) is 0 Å². The molecule has 0 aliphatic carbocycles. The molecule has 2 amide bonds. The molecule has 0 radical (unpaired) electrons. The summed E-state index contributed by atoms with van der Waals surface area (Å²) in [5, 5.41) is 10.2. The topological polar surface area (TPSA) is 76.7 Å². The van der Waals surface area contributed by atoms with Gasteiger partial charge in [0.25, 0.3) is 0 Å². The van der Waals surface area contributed by atoms with E-state index in [1.165, 1.54) is 0 Å². The van der Waals surface area contributed by atoms with Crippen molar-refractivity contribution in [1.29, 1.82) is 0 Å². The summed E-state index contributed by atoms with van der Waals surface area (Å²) in [4.78, 5) is 29.0. The normalized spacial score (nSPS) is 26.7. The Hall–Kier alpha value is -2.19. The number of nitrogens with zero attached hydrogens (tertiary/aromatic N) is 2. The molecule has 1 aromatic rings. The Kier molecular flexibility index (Phi) is 6.30. The lowest BCUT2D eigenvalue weighted by Gasteiger charge is -2.37. The second-order valence-corrected chi connectivity index (χ2v) is 8.54. The predicted octanol–water partition coefficient (Wildman–Crippen LogP) is 1.32. The van der Waals surface area contributed by atoms with E-state index in [0.29, 0.717) is 18.1 Å². The maximum absolute atomic E-state index is 12.4. The molecule has 0 saturated carbocycles. The molecular formula is C21H29N5O2S. The van der Waals surface area contributed by atoms with E-state index < -0.39 is 0 Å². The van der Waals surface area contributed by atoms with E-state index in [2.05, 4.69) is 20.9 Å². The van der Waals surface area contributed by atoms with Crippen LogP contribution in [0.25, 0.3) is 0 Å². The van der Waals surface area contributed by atoms with Crippen molar-refractivity contribution in [3.8, 4) is 0 Å². The first-order chi connectivity index (χ1) is 14.1. The molecule has 0 spiro atoms. The zero-order valence-electron chi connectivity index (χ0n) is 16.6. The molecule has 0 unspecified atom stereocenters. The quantitative estimate of drug-likeness (QED) is 0.630. The van der Waals surface area contributed by atoms with E-state index in [1.807, 2.05) is 35.2 Å². The Bertz CT molecular complexity index is 753. The standard InChI is InChI=1S/C21H29N5O2S/c27-19(25-10-4-5-11-25)9-8-17-13-22-20(28)18-12-16(14-26(17)18)24-21(29)23-15-6-2-1-3-7-15/h1-3,6-7,16-18H,4-5,8-14H2,(H,22,28)(H2,23,24,29)/t16-,17+,18-/m0/s1. The van der Waals surface area contributed by atoms with Gasteiger partial charge in [-0.2, -0.15) is 0 Å². The van der Waals surface area contributed by atoms with E-state index in [9.17, 15) is 9.59 Å². The van der Waals surface area contributed by atoms with Crippen LogP contribution in [0, 0.1) is 0 Å². The van der Waals surface area contributed by atoms with Gasteiger partial charge in [0.15, 0.2) is 5.11 Å². The summed E-state index contributed by atoms with van der Waals surface area (Å²) in [5.41, 5.74) is 0.941. The van der Waals surface area contributed by atoms with Crippen LogP contribution in [-0.2, 0) is 9.59 Å². The highest BCUT2D eigenvalue weighted by Crippen LogP contribution is 2.26. The zero-order chi connectivity index (χ0) is 20.2. The van der Waals surface area contributed by atoms with Crippen LogP contribution >= 0.6 is 12.2 Å². The first kappa shape index (κ1) is 20.1. The molecule has 3 fully saturated rings. The van der Waals surface area contributed by atoms with Gasteiger partial charge in [-0.1, -0.05) is 18.2 Å². The van der Waals surface area contributed by atoms with Gasteiger partial charge in [0.1, 0.15) is 0 Å². The van der Waals surface area contributed by atoms with Crippen LogP contribution < -0.4 is 16.0 Å². The van der Waals surface area contributed by atoms with Crippen LogP contribution in [0.1, 0.15) is 32.1 Å². The van der Waals surface area contributed by atoms with Gasteiger partial charge >= 0.3 is 0 Å². The maximum atomic E-state index is 12.4. The van der Waals surface area contributed by atoms with Gasteiger partial charge in [-0.25, -0.2) is 0 Å². The minimum atomic E-state index is -0.146. The third-order valence-corrected chi connectivity index (χ3v) is 6.36. The smallest absolute Gasteiger partial charge is 0.237 e. The lowest BCUT2D eigenvalue weighted by molar-refractivity contribution is -0.131. The summed E-state index contributed by atoms with van der Waals surface area (Å²) in [7, 11) is 0. The maximum Gasteiger partial charge on any atom is 0.237 e. The number of hydrogen-bond acceptors (Lipinski definition) is 4. The molecule has 3 saturated heterocycles. The van der Waals surface area contributed by atoms with Gasteiger partial charge < -0.3 is 20.9 Å². The van der Waals surface area contributed by atoms with E-state index >= 15 is 0 Å². The van der Waals surface area contributed by atoms with E-state index in [-0.39, 0.29) is 29.9 Å². The number of fused-ring (bicyclic) bond motifs is 1. The summed E-state index contributed by atoms with van der Waals surface area (Å²) in [6.45, 7) is 3.16. The largest absolute Gasteiger partial charge is 0.358 e. The van der Waals surface area contributed by atoms with Gasteiger partial charge in [0.05, 0.1) is 6.04 Å². The van der Waals surface area contributed by atoms with Crippen molar-refractivity contribution in [2.75, 3.05) is 31.5 Å². The van der Waals surface area contributed by atoms with Gasteiger partial charge in [-0.15, -0.1) is 0 Å². The first-order valence-electron chi connectivity index (χ1n) is 10.5. The molecule has 8 heteroatoms. The highest BCUT2D eigenvalue weighted by Gasteiger charge is 2.43. The van der Waals surface area contributed by atoms with Gasteiger partial charge in [0.2, 0.25) is 11.8 Å². The number of rotatable bonds is 5. The lowest BCUT2D eigenvalue weighted by atomic mass is 10.0. The number of carbonyl (C=O) groups is 2. The molecule has 3 aliphatic heterocycles. The molecule has 3 N–H and O–H groups in total. The number of piperazine rings is 1. The predicted molar refractivity (Wildman–Crippen MR) is 117 cm³/mol. The molecular weight excluding hydrogens is 386 g/mol. The summed E-state index contributed by atoms with van der Waals surface area (Å²) >= 11 is 5.45. The van der Waals surface area contributed by atoms with Crippen molar-refractivity contribution in [3.63, 3.8) is 0 Å². The number of thiocarbonyl (C=S) groups is 1. The molecule has 7 nitrogen and oxygen atoms in total. The fourth-order valence-electron chi connectivity index (χ4n) is 4.64. The number of para-hydroxylation sites is 1. The molecule has 0 aromatic heterocycles. The molecule has 29 heavy (non-hydrogen) atoms. The second kappa shape index (κ2) is 9.09. The monoisotopic (exact) mass is 415 g/mol. The fourth-order valence-corrected chi connectivity index (χ4v) is 4.92. The van der Waals surface area contributed by atoms with E-state index in [4.69, 9.17) is 12.2 Å². The molecule has 3 atom stereocenters. The minimum absolute atomic E-state index is 0.0818. The number of likely N-dealkylation sites (tertiary alicyclic amines) is 1. The molecule has 0 bridgehead atoms. The number of hydrogen-bond donors (Lipinski definition) is 3. The van der Waals surface area contributed by atoms with Crippen LogP contribution in [0.3, 0.4) is 0 Å². The minimum Gasteiger partial charge on any atom is -0.358 e. The first-order valence-corrected chi connectivity index (χ1v) is 10.9. The Labute approximate surface area is 177 Å². The van der Waals surface area contributed by atoms with Crippen molar-refractivity contribution in [3.05, 3.63) is 30.3 Å². The number of amides is 2. The number of nitrogens with one attached hydrogen (secondary N) is 3. The molecule has 3 heterocycles. The van der Waals surface area contributed by atoms with Crippen molar-refractivity contribution >= 4 is 34.8 Å². The highest BCUT2D eigenvalue weighted by molar-refractivity contribution is 7.80. The zero-order valence-corrected chi connectivity index (χ0v) is 17.4. The van der Waals surface area contributed by atoms with Crippen LogP contribution in [-0.4, -0.2) is 71.0 Å². The van der Waals surface area contributed by atoms with Gasteiger partial charge in [-0.05, 0) is 50.0 Å².